The maximum atomic E-state index is 4.62. The second-order valence-electron chi connectivity index (χ2n) is 5.03. The van der Waals surface area contributed by atoms with E-state index in [0.717, 1.165) is 34.2 Å². The highest BCUT2D eigenvalue weighted by Gasteiger charge is 2.11. The fourth-order valence-electron chi connectivity index (χ4n) is 1.98. The second kappa shape index (κ2) is 4.77. The minimum atomic E-state index is 0.623. The van der Waals surface area contributed by atoms with Gasteiger partial charge in [0.05, 0.1) is 18.1 Å². The molecule has 100 valence electrons. The molecule has 3 aromatic rings. The predicted octanol–water partition coefficient (Wildman–Crippen LogP) is 2.87. The Morgan fingerprint density at radius 3 is 2.79 bits per heavy atom. The summed E-state index contributed by atoms with van der Waals surface area (Å²) in [5, 5.41) is 9.99. The first kappa shape index (κ1) is 12.3. The Labute approximate surface area is 115 Å². The zero-order valence-corrected chi connectivity index (χ0v) is 12.2. The summed E-state index contributed by atoms with van der Waals surface area (Å²) >= 11 is 1.67. The Kier molecular flexibility index (Phi) is 3.10. The van der Waals surface area contributed by atoms with E-state index in [1.54, 1.807) is 11.3 Å². The number of aromatic nitrogens is 5. The first-order valence-corrected chi connectivity index (χ1v) is 7.35. The molecule has 19 heavy (non-hydrogen) atoms. The van der Waals surface area contributed by atoms with Gasteiger partial charge in [0.25, 0.3) is 0 Å². The van der Waals surface area contributed by atoms with Gasteiger partial charge in [0.1, 0.15) is 5.01 Å². The SMILES string of the molecule is CCn1cc(-c2cn3nc(CC(C)C)sc3n2)cn1. The summed E-state index contributed by atoms with van der Waals surface area (Å²) in [6.07, 6.45) is 6.86. The highest BCUT2D eigenvalue weighted by atomic mass is 32.1. The number of aryl methyl sites for hydroxylation is 1. The third-order valence-corrected chi connectivity index (χ3v) is 3.87. The molecule has 0 saturated carbocycles. The van der Waals surface area contributed by atoms with Crippen LogP contribution in [0.25, 0.3) is 16.2 Å². The van der Waals surface area contributed by atoms with Crippen molar-refractivity contribution in [3.05, 3.63) is 23.6 Å². The molecule has 0 aliphatic heterocycles. The molecule has 0 radical (unpaired) electrons. The summed E-state index contributed by atoms with van der Waals surface area (Å²) in [7, 11) is 0. The molecule has 0 N–H and O–H groups in total. The predicted molar refractivity (Wildman–Crippen MR) is 76.3 cm³/mol. The van der Waals surface area contributed by atoms with E-state index >= 15 is 0 Å². The molecule has 3 rings (SSSR count). The molecule has 0 unspecified atom stereocenters. The van der Waals surface area contributed by atoms with Crippen molar-refractivity contribution in [1.82, 2.24) is 24.4 Å². The Morgan fingerprint density at radius 1 is 1.32 bits per heavy atom. The van der Waals surface area contributed by atoms with Gasteiger partial charge in [0, 0.05) is 24.7 Å². The van der Waals surface area contributed by atoms with Crippen LogP contribution < -0.4 is 0 Å². The van der Waals surface area contributed by atoms with Gasteiger partial charge in [0.15, 0.2) is 0 Å². The molecule has 0 amide bonds. The summed E-state index contributed by atoms with van der Waals surface area (Å²) < 4.78 is 3.78. The quantitative estimate of drug-likeness (QED) is 0.735. The summed E-state index contributed by atoms with van der Waals surface area (Å²) in [5.74, 6) is 0.623. The van der Waals surface area contributed by atoms with Crippen molar-refractivity contribution < 1.29 is 0 Å². The second-order valence-corrected chi connectivity index (χ2v) is 6.07. The van der Waals surface area contributed by atoms with E-state index in [2.05, 4.69) is 36.0 Å². The van der Waals surface area contributed by atoms with Crippen LogP contribution in [0.2, 0.25) is 0 Å². The molecule has 0 bridgehead atoms. The number of fused-ring (bicyclic) bond motifs is 1. The lowest BCUT2D eigenvalue weighted by Crippen LogP contribution is -1.94. The molecular formula is C13H17N5S. The molecule has 3 heterocycles. The summed E-state index contributed by atoms with van der Waals surface area (Å²) in [6.45, 7) is 7.35. The van der Waals surface area contributed by atoms with Crippen LogP contribution in [0.15, 0.2) is 18.6 Å². The fraction of sp³-hybridized carbons (Fsp3) is 0.462. The van der Waals surface area contributed by atoms with Crippen molar-refractivity contribution in [3.8, 4) is 11.3 Å². The lowest BCUT2D eigenvalue weighted by atomic mass is 10.1. The van der Waals surface area contributed by atoms with Gasteiger partial charge < -0.3 is 0 Å². The van der Waals surface area contributed by atoms with Crippen LogP contribution in [0, 0.1) is 5.92 Å². The van der Waals surface area contributed by atoms with Gasteiger partial charge in [-0.15, -0.1) is 0 Å². The third-order valence-electron chi connectivity index (χ3n) is 2.92. The Bertz CT molecular complexity index is 659. The lowest BCUT2D eigenvalue weighted by Gasteiger charge is -1.97. The zero-order valence-electron chi connectivity index (χ0n) is 11.4. The van der Waals surface area contributed by atoms with Gasteiger partial charge in [-0.1, -0.05) is 25.2 Å². The van der Waals surface area contributed by atoms with E-state index in [9.17, 15) is 0 Å². The molecule has 5 nitrogen and oxygen atoms in total. The number of hydrogen-bond acceptors (Lipinski definition) is 4. The number of rotatable bonds is 4. The van der Waals surface area contributed by atoms with Crippen LogP contribution in [-0.4, -0.2) is 24.4 Å². The Hall–Kier alpha value is -1.69. The Morgan fingerprint density at radius 2 is 2.16 bits per heavy atom. The van der Waals surface area contributed by atoms with E-state index in [1.165, 1.54) is 0 Å². The highest BCUT2D eigenvalue weighted by Crippen LogP contribution is 2.23. The van der Waals surface area contributed by atoms with Crippen LogP contribution in [0.1, 0.15) is 25.8 Å². The van der Waals surface area contributed by atoms with E-state index in [-0.39, 0.29) is 0 Å². The van der Waals surface area contributed by atoms with Crippen molar-refractivity contribution in [2.45, 2.75) is 33.7 Å². The van der Waals surface area contributed by atoms with E-state index in [0.29, 0.717) is 5.92 Å². The minimum Gasteiger partial charge on any atom is -0.272 e. The largest absolute Gasteiger partial charge is 0.272 e. The van der Waals surface area contributed by atoms with Crippen LogP contribution in [0.5, 0.6) is 0 Å². The molecule has 0 atom stereocenters. The van der Waals surface area contributed by atoms with Gasteiger partial charge in [0.2, 0.25) is 4.96 Å². The van der Waals surface area contributed by atoms with Gasteiger partial charge in [-0.3, -0.25) is 4.68 Å². The molecule has 0 spiro atoms. The zero-order chi connectivity index (χ0) is 13.4. The van der Waals surface area contributed by atoms with Crippen molar-refractivity contribution >= 4 is 16.3 Å². The molecular weight excluding hydrogens is 258 g/mol. The minimum absolute atomic E-state index is 0.623. The van der Waals surface area contributed by atoms with E-state index < -0.39 is 0 Å². The molecule has 6 heteroatoms. The third kappa shape index (κ3) is 2.40. The van der Waals surface area contributed by atoms with Crippen LogP contribution in [0.3, 0.4) is 0 Å². The van der Waals surface area contributed by atoms with Crippen LogP contribution in [-0.2, 0) is 13.0 Å². The maximum Gasteiger partial charge on any atom is 0.212 e. The number of imidazole rings is 1. The van der Waals surface area contributed by atoms with E-state index in [1.807, 2.05) is 27.8 Å². The van der Waals surface area contributed by atoms with Crippen molar-refractivity contribution in [1.29, 1.82) is 0 Å². The summed E-state index contributed by atoms with van der Waals surface area (Å²) in [5.41, 5.74) is 1.99. The fourth-order valence-corrected chi connectivity index (χ4v) is 3.07. The maximum absolute atomic E-state index is 4.62. The van der Waals surface area contributed by atoms with Crippen molar-refractivity contribution in [2.75, 3.05) is 0 Å². The number of hydrogen-bond donors (Lipinski definition) is 0. The first-order chi connectivity index (χ1) is 9.15. The molecule has 3 aromatic heterocycles. The summed E-state index contributed by atoms with van der Waals surface area (Å²) in [6, 6.07) is 0. The van der Waals surface area contributed by atoms with Gasteiger partial charge >= 0.3 is 0 Å². The van der Waals surface area contributed by atoms with Crippen molar-refractivity contribution in [3.63, 3.8) is 0 Å². The molecule has 0 saturated heterocycles. The first-order valence-electron chi connectivity index (χ1n) is 6.53. The molecule has 0 aliphatic rings. The molecule has 0 aromatic carbocycles. The van der Waals surface area contributed by atoms with E-state index in [4.69, 9.17) is 0 Å². The van der Waals surface area contributed by atoms with Crippen LogP contribution >= 0.6 is 11.3 Å². The topological polar surface area (TPSA) is 48.0 Å². The van der Waals surface area contributed by atoms with Gasteiger partial charge in [-0.2, -0.15) is 10.2 Å². The number of nitrogens with zero attached hydrogens (tertiary/aromatic N) is 5. The summed E-state index contributed by atoms with van der Waals surface area (Å²) in [4.78, 5) is 5.58. The van der Waals surface area contributed by atoms with Crippen molar-refractivity contribution in [2.24, 2.45) is 5.92 Å². The highest BCUT2D eigenvalue weighted by molar-refractivity contribution is 7.16. The average Bonchev–Trinajstić information content (AvgIpc) is 2.99. The standard InChI is InChI=1S/C13H17N5S/c1-4-17-7-10(6-14-17)11-8-18-13(15-11)19-12(16-18)5-9(2)3/h6-9H,4-5H2,1-3H3. The van der Waals surface area contributed by atoms with Crippen LogP contribution in [0.4, 0.5) is 0 Å². The Balaban J connectivity index is 1.92. The molecule has 0 aliphatic carbocycles. The average molecular weight is 275 g/mol. The van der Waals surface area contributed by atoms with Gasteiger partial charge in [-0.05, 0) is 12.8 Å². The monoisotopic (exact) mass is 275 g/mol. The normalized spacial score (nSPS) is 11.8. The lowest BCUT2D eigenvalue weighted by molar-refractivity contribution is 0.637. The smallest absolute Gasteiger partial charge is 0.212 e. The van der Waals surface area contributed by atoms with Gasteiger partial charge in [-0.25, -0.2) is 9.50 Å². The molecule has 0 fully saturated rings.